The Labute approximate surface area is 95.3 Å². The van der Waals surface area contributed by atoms with E-state index in [9.17, 15) is 10.4 Å². The monoisotopic (exact) mass is 217 g/mol. The lowest BCUT2D eigenvalue weighted by molar-refractivity contribution is 0.0446. The van der Waals surface area contributed by atoms with Crippen molar-refractivity contribution >= 4 is 0 Å². The molecule has 0 spiro atoms. The van der Waals surface area contributed by atoms with E-state index in [1.165, 1.54) is 0 Å². The number of aliphatic hydroxyl groups excluding tert-OH is 1. The largest absolute Gasteiger partial charge is 0.496 e. The number of ether oxygens (including phenoxy) is 1. The normalized spacial score (nSPS) is 28.0. The van der Waals surface area contributed by atoms with Crippen LogP contribution in [-0.4, -0.2) is 18.3 Å². The van der Waals surface area contributed by atoms with Crippen LogP contribution in [0.2, 0.25) is 0 Å². The van der Waals surface area contributed by atoms with Crippen molar-refractivity contribution < 1.29 is 9.84 Å². The first-order chi connectivity index (χ1) is 7.61. The number of hydrogen-bond acceptors (Lipinski definition) is 3. The lowest BCUT2D eigenvalue weighted by Gasteiger charge is -2.40. The highest BCUT2D eigenvalue weighted by Gasteiger charge is 2.45. The number of aryl methyl sites for hydroxylation is 1. The van der Waals surface area contributed by atoms with Crippen LogP contribution in [-0.2, 0) is 5.41 Å². The van der Waals surface area contributed by atoms with Crippen LogP contribution < -0.4 is 4.74 Å². The van der Waals surface area contributed by atoms with Crippen LogP contribution in [0.4, 0.5) is 0 Å². The molecule has 16 heavy (non-hydrogen) atoms. The summed E-state index contributed by atoms with van der Waals surface area (Å²) in [4.78, 5) is 0. The molecule has 1 fully saturated rings. The summed E-state index contributed by atoms with van der Waals surface area (Å²) in [6.45, 7) is 1.97. The Balaban J connectivity index is 2.38. The van der Waals surface area contributed by atoms with Crippen LogP contribution in [0.15, 0.2) is 18.2 Å². The van der Waals surface area contributed by atoms with Gasteiger partial charge in [0.2, 0.25) is 0 Å². The second-order valence-electron chi connectivity index (χ2n) is 4.44. The van der Waals surface area contributed by atoms with Gasteiger partial charge in [-0.25, -0.2) is 0 Å². The van der Waals surface area contributed by atoms with Gasteiger partial charge in [0.1, 0.15) is 5.75 Å². The van der Waals surface area contributed by atoms with E-state index in [1.54, 1.807) is 7.11 Å². The van der Waals surface area contributed by atoms with E-state index in [2.05, 4.69) is 6.07 Å². The van der Waals surface area contributed by atoms with Gasteiger partial charge in [0.25, 0.3) is 0 Å². The molecule has 3 nitrogen and oxygen atoms in total. The summed E-state index contributed by atoms with van der Waals surface area (Å²) in [5.74, 6) is 0.800. The molecule has 0 bridgehead atoms. The predicted molar refractivity (Wildman–Crippen MR) is 60.3 cm³/mol. The molecule has 2 rings (SSSR count). The van der Waals surface area contributed by atoms with Crippen LogP contribution in [0, 0.1) is 18.3 Å². The van der Waals surface area contributed by atoms with Crippen molar-refractivity contribution in [2.75, 3.05) is 7.11 Å². The molecule has 1 aliphatic rings. The molecule has 1 saturated carbocycles. The van der Waals surface area contributed by atoms with Gasteiger partial charge in [0.05, 0.1) is 24.7 Å². The summed E-state index contributed by atoms with van der Waals surface area (Å²) in [7, 11) is 1.63. The molecule has 0 radical (unpaired) electrons. The first-order valence-corrected chi connectivity index (χ1v) is 5.36. The van der Waals surface area contributed by atoms with Gasteiger partial charge < -0.3 is 9.84 Å². The van der Waals surface area contributed by atoms with Crippen LogP contribution in [0.1, 0.15) is 24.0 Å². The standard InChI is InChI=1S/C13H15NO2/c1-9-3-4-10(5-12(9)16-2)13(8-14)6-11(15)7-13/h3-5,11,15H,6-7H2,1-2H3. The van der Waals surface area contributed by atoms with Gasteiger partial charge >= 0.3 is 0 Å². The molecule has 3 heteroatoms. The molecule has 1 aliphatic carbocycles. The smallest absolute Gasteiger partial charge is 0.122 e. The highest BCUT2D eigenvalue weighted by molar-refractivity contribution is 5.44. The SMILES string of the molecule is COc1cc(C2(C#N)CC(O)C2)ccc1C. The second kappa shape index (κ2) is 3.80. The highest BCUT2D eigenvalue weighted by atomic mass is 16.5. The van der Waals surface area contributed by atoms with Crippen LogP contribution in [0.25, 0.3) is 0 Å². The van der Waals surface area contributed by atoms with E-state index >= 15 is 0 Å². The zero-order valence-electron chi connectivity index (χ0n) is 9.53. The Morgan fingerprint density at radius 3 is 2.69 bits per heavy atom. The van der Waals surface area contributed by atoms with E-state index in [-0.39, 0.29) is 6.10 Å². The number of nitrogens with zero attached hydrogens (tertiary/aromatic N) is 1. The summed E-state index contributed by atoms with van der Waals surface area (Å²) in [6, 6.07) is 8.13. The maximum Gasteiger partial charge on any atom is 0.122 e. The lowest BCUT2D eigenvalue weighted by Crippen LogP contribution is -2.43. The average Bonchev–Trinajstić information content (AvgIpc) is 2.25. The summed E-state index contributed by atoms with van der Waals surface area (Å²) in [6.07, 6.45) is 0.706. The van der Waals surface area contributed by atoms with Gasteiger partial charge in [0.15, 0.2) is 0 Å². The number of benzene rings is 1. The maximum atomic E-state index is 9.37. The number of nitriles is 1. The molecule has 0 aromatic heterocycles. The van der Waals surface area contributed by atoms with Gasteiger partial charge in [-0.05, 0) is 37.0 Å². The minimum Gasteiger partial charge on any atom is -0.496 e. The predicted octanol–water partition coefficient (Wildman–Crippen LogP) is 1.92. The Bertz CT molecular complexity index is 442. The Morgan fingerprint density at radius 1 is 1.50 bits per heavy atom. The first-order valence-electron chi connectivity index (χ1n) is 5.36. The minimum absolute atomic E-state index is 0.341. The Morgan fingerprint density at radius 2 is 2.19 bits per heavy atom. The fraction of sp³-hybridized carbons (Fsp3) is 0.462. The van der Waals surface area contributed by atoms with E-state index in [1.807, 2.05) is 25.1 Å². The van der Waals surface area contributed by atoms with Crippen LogP contribution >= 0.6 is 0 Å². The zero-order valence-corrected chi connectivity index (χ0v) is 9.53. The minimum atomic E-state index is -0.513. The van der Waals surface area contributed by atoms with Crippen molar-refractivity contribution in [3.63, 3.8) is 0 Å². The maximum absolute atomic E-state index is 9.37. The number of rotatable bonds is 2. The first kappa shape index (κ1) is 11.0. The van der Waals surface area contributed by atoms with Crippen LogP contribution in [0.3, 0.4) is 0 Å². The third kappa shape index (κ3) is 1.56. The summed E-state index contributed by atoms with van der Waals surface area (Å²) < 4.78 is 5.25. The van der Waals surface area contributed by atoms with Gasteiger partial charge in [-0.2, -0.15) is 5.26 Å². The third-order valence-electron chi connectivity index (χ3n) is 3.34. The number of hydrogen-bond donors (Lipinski definition) is 1. The molecule has 1 aromatic carbocycles. The molecule has 0 heterocycles. The van der Waals surface area contributed by atoms with Gasteiger partial charge in [0, 0.05) is 0 Å². The van der Waals surface area contributed by atoms with Crippen LogP contribution in [0.5, 0.6) is 5.75 Å². The van der Waals surface area contributed by atoms with Crippen molar-refractivity contribution in [1.29, 1.82) is 5.26 Å². The number of methoxy groups -OCH3 is 1. The quantitative estimate of drug-likeness (QED) is 0.823. The molecular weight excluding hydrogens is 202 g/mol. The second-order valence-corrected chi connectivity index (χ2v) is 4.44. The molecule has 1 aromatic rings. The zero-order chi connectivity index (χ0) is 11.8. The van der Waals surface area contributed by atoms with Crippen molar-refractivity contribution in [3.05, 3.63) is 29.3 Å². The Kier molecular flexibility index (Phi) is 2.61. The lowest BCUT2D eigenvalue weighted by atomic mass is 9.63. The Hall–Kier alpha value is -1.53. The summed E-state index contributed by atoms with van der Waals surface area (Å²) in [5, 5.41) is 18.6. The summed E-state index contributed by atoms with van der Waals surface area (Å²) >= 11 is 0. The molecule has 1 N–H and O–H groups in total. The molecule has 0 atom stereocenters. The fourth-order valence-corrected chi connectivity index (χ4v) is 2.25. The number of aliphatic hydroxyl groups is 1. The van der Waals surface area contributed by atoms with Crippen molar-refractivity contribution in [2.45, 2.75) is 31.3 Å². The molecule has 0 unspecified atom stereocenters. The van der Waals surface area contributed by atoms with Gasteiger partial charge in [-0.1, -0.05) is 12.1 Å². The van der Waals surface area contributed by atoms with E-state index in [0.717, 1.165) is 16.9 Å². The van der Waals surface area contributed by atoms with Crippen molar-refractivity contribution in [3.8, 4) is 11.8 Å². The topological polar surface area (TPSA) is 53.2 Å². The van der Waals surface area contributed by atoms with E-state index in [0.29, 0.717) is 12.8 Å². The van der Waals surface area contributed by atoms with E-state index < -0.39 is 5.41 Å². The highest BCUT2D eigenvalue weighted by Crippen LogP contribution is 2.44. The fourth-order valence-electron chi connectivity index (χ4n) is 2.25. The summed E-state index contributed by atoms with van der Waals surface area (Å²) in [5.41, 5.74) is 1.49. The van der Waals surface area contributed by atoms with Gasteiger partial charge in [-0.15, -0.1) is 0 Å². The molecule has 0 saturated heterocycles. The van der Waals surface area contributed by atoms with Crippen molar-refractivity contribution in [2.24, 2.45) is 0 Å². The molecule has 0 amide bonds. The van der Waals surface area contributed by atoms with E-state index in [4.69, 9.17) is 4.74 Å². The average molecular weight is 217 g/mol. The molecular formula is C13H15NO2. The van der Waals surface area contributed by atoms with Crippen molar-refractivity contribution in [1.82, 2.24) is 0 Å². The molecule has 0 aliphatic heterocycles. The molecule has 84 valence electrons. The third-order valence-corrected chi connectivity index (χ3v) is 3.34. The van der Waals surface area contributed by atoms with Gasteiger partial charge in [-0.3, -0.25) is 0 Å².